The van der Waals surface area contributed by atoms with Gasteiger partial charge in [0.1, 0.15) is 13.0 Å². The van der Waals surface area contributed by atoms with Crippen molar-refractivity contribution in [1.29, 1.82) is 0 Å². The van der Waals surface area contributed by atoms with E-state index in [2.05, 4.69) is 0 Å². The zero-order valence-electron chi connectivity index (χ0n) is 7.86. The first-order valence-corrected chi connectivity index (χ1v) is 4.25. The van der Waals surface area contributed by atoms with Gasteiger partial charge in [-0.2, -0.15) is 0 Å². The Morgan fingerprint density at radius 3 is 2.00 bits per heavy atom. The van der Waals surface area contributed by atoms with Gasteiger partial charge in [0.15, 0.2) is 0 Å². The molecule has 2 rings (SSSR count). The third kappa shape index (κ3) is 4.61. The number of hydrogen-bond donors (Lipinski definition) is 2. The lowest BCUT2D eigenvalue weighted by Gasteiger charge is -2.09. The maximum Gasteiger partial charge on any atom is 0.328 e. The molecule has 1 fully saturated rings. The number of amides is 4. The number of carbonyl (C=O) groups is 3. The van der Waals surface area contributed by atoms with Gasteiger partial charge < -0.3 is 4.74 Å². The Hall–Kier alpha value is -2.11. The number of ether oxygens (including phenoxy) is 1. The van der Waals surface area contributed by atoms with Crippen molar-refractivity contribution in [2.75, 3.05) is 6.61 Å². The fraction of sp³-hybridized carbons (Fsp3) is 0.222. The van der Waals surface area contributed by atoms with Gasteiger partial charge in [0.05, 0.1) is 6.26 Å². The predicted octanol–water partition coefficient (Wildman–Crippen LogP) is -0.171. The number of allylic oxidation sites excluding steroid dienone is 2. The molecule has 2 aliphatic heterocycles. The molecule has 0 atom stereocenters. The molecule has 0 aliphatic carbocycles. The van der Waals surface area contributed by atoms with Crippen molar-refractivity contribution in [2.45, 2.75) is 6.42 Å². The summed E-state index contributed by atoms with van der Waals surface area (Å²) in [6, 6.07) is -0.740. The van der Waals surface area contributed by atoms with Crippen LogP contribution in [0.1, 0.15) is 6.42 Å². The van der Waals surface area contributed by atoms with Gasteiger partial charge in [-0.05, 0) is 12.2 Å². The van der Waals surface area contributed by atoms with Gasteiger partial charge >= 0.3 is 6.03 Å². The van der Waals surface area contributed by atoms with Crippen LogP contribution in [0.2, 0.25) is 0 Å². The summed E-state index contributed by atoms with van der Waals surface area (Å²) in [6.45, 7) is 0.733. The van der Waals surface area contributed by atoms with E-state index >= 15 is 0 Å². The van der Waals surface area contributed by atoms with Gasteiger partial charge in [-0.25, -0.2) is 4.79 Å². The molecule has 2 N–H and O–H groups in total. The average molecular weight is 210 g/mol. The first-order valence-electron chi connectivity index (χ1n) is 4.25. The smallest absolute Gasteiger partial charge is 0.328 e. The van der Waals surface area contributed by atoms with E-state index in [1.54, 1.807) is 6.26 Å². The van der Waals surface area contributed by atoms with Crippen LogP contribution in [0.4, 0.5) is 4.79 Å². The summed E-state index contributed by atoms with van der Waals surface area (Å²) >= 11 is 0. The third-order valence-corrected chi connectivity index (χ3v) is 1.44. The van der Waals surface area contributed by atoms with Gasteiger partial charge in [0.25, 0.3) is 0 Å². The van der Waals surface area contributed by atoms with Crippen molar-refractivity contribution in [3.63, 3.8) is 0 Å². The van der Waals surface area contributed by atoms with E-state index < -0.39 is 17.8 Å². The molecule has 0 aromatic rings. The van der Waals surface area contributed by atoms with Crippen LogP contribution in [0.25, 0.3) is 0 Å². The van der Waals surface area contributed by atoms with Crippen LogP contribution in [0, 0.1) is 0 Å². The Balaban J connectivity index is 0.000000162. The van der Waals surface area contributed by atoms with Gasteiger partial charge in [0.2, 0.25) is 11.8 Å². The molecular weight excluding hydrogens is 200 g/mol. The van der Waals surface area contributed by atoms with Crippen LogP contribution in [0.3, 0.4) is 0 Å². The molecule has 6 heteroatoms. The minimum atomic E-state index is -0.740. The van der Waals surface area contributed by atoms with Crippen LogP contribution < -0.4 is 10.6 Å². The van der Waals surface area contributed by atoms with E-state index in [1.165, 1.54) is 0 Å². The second kappa shape index (κ2) is 5.58. The predicted molar refractivity (Wildman–Crippen MR) is 50.5 cm³/mol. The molecule has 0 aromatic carbocycles. The quantitative estimate of drug-likeness (QED) is 0.543. The topological polar surface area (TPSA) is 84.5 Å². The van der Waals surface area contributed by atoms with Crippen molar-refractivity contribution in [3.8, 4) is 0 Å². The molecular formula is C9H10N2O4. The average Bonchev–Trinajstić information content (AvgIpc) is 2.19. The number of urea groups is 1. The fourth-order valence-corrected chi connectivity index (χ4v) is 0.865. The molecule has 2 heterocycles. The number of imide groups is 2. The molecule has 0 unspecified atom stereocenters. The largest absolute Gasteiger partial charge is 0.497 e. The van der Waals surface area contributed by atoms with Gasteiger partial charge in [-0.15, -0.1) is 0 Å². The van der Waals surface area contributed by atoms with Crippen LogP contribution in [0.15, 0.2) is 24.5 Å². The molecule has 0 spiro atoms. The Morgan fingerprint density at radius 2 is 1.73 bits per heavy atom. The van der Waals surface area contributed by atoms with Crippen molar-refractivity contribution in [3.05, 3.63) is 24.5 Å². The minimum absolute atomic E-state index is 0.258. The Labute approximate surface area is 86.0 Å². The number of rotatable bonds is 0. The van der Waals surface area contributed by atoms with Crippen molar-refractivity contribution in [2.24, 2.45) is 0 Å². The maximum absolute atomic E-state index is 10.3. The van der Waals surface area contributed by atoms with Crippen LogP contribution >= 0.6 is 0 Å². The van der Waals surface area contributed by atoms with Crippen molar-refractivity contribution < 1.29 is 19.1 Å². The van der Waals surface area contributed by atoms with E-state index in [0.29, 0.717) is 0 Å². The second-order valence-electron chi connectivity index (χ2n) is 2.69. The van der Waals surface area contributed by atoms with Crippen LogP contribution in [0.5, 0.6) is 0 Å². The molecule has 0 aromatic heterocycles. The van der Waals surface area contributed by atoms with Crippen LogP contribution in [-0.2, 0) is 14.3 Å². The summed E-state index contributed by atoms with van der Waals surface area (Å²) in [6.07, 6.45) is 7.21. The monoisotopic (exact) mass is 210 g/mol. The first-order chi connectivity index (χ1) is 7.18. The summed E-state index contributed by atoms with van der Waals surface area (Å²) in [7, 11) is 0. The summed E-state index contributed by atoms with van der Waals surface area (Å²) in [5.41, 5.74) is 0. The van der Waals surface area contributed by atoms with Crippen molar-refractivity contribution in [1.82, 2.24) is 10.6 Å². The van der Waals surface area contributed by atoms with E-state index in [4.69, 9.17) is 4.74 Å². The summed E-state index contributed by atoms with van der Waals surface area (Å²) < 4.78 is 4.80. The summed E-state index contributed by atoms with van der Waals surface area (Å²) in [5, 5.41) is 3.80. The number of hydrogen-bond acceptors (Lipinski definition) is 4. The Kier molecular flexibility index (Phi) is 4.08. The standard InChI is InChI=1S/C5H6O.C4H4N2O3/c1-2-4-6-5-3-1;7-2-1-3(8)6-4(9)5-2/h1-4H,5H2;1H2,(H2,5,6,7,8,9). The highest BCUT2D eigenvalue weighted by molar-refractivity contribution is 6.14. The molecule has 15 heavy (non-hydrogen) atoms. The van der Waals surface area contributed by atoms with Gasteiger partial charge in [-0.1, -0.05) is 6.08 Å². The molecule has 4 amide bonds. The number of barbiturate groups is 1. The number of nitrogens with one attached hydrogen (secondary N) is 2. The van der Waals surface area contributed by atoms with E-state index in [-0.39, 0.29) is 6.42 Å². The lowest BCUT2D eigenvalue weighted by molar-refractivity contribution is -0.129. The minimum Gasteiger partial charge on any atom is -0.497 e. The van der Waals surface area contributed by atoms with Crippen LogP contribution in [-0.4, -0.2) is 24.5 Å². The highest BCUT2D eigenvalue weighted by Crippen LogP contribution is 1.87. The van der Waals surface area contributed by atoms with Crippen molar-refractivity contribution >= 4 is 17.8 Å². The highest BCUT2D eigenvalue weighted by atomic mass is 16.5. The van der Waals surface area contributed by atoms with E-state index in [1.807, 2.05) is 28.9 Å². The second-order valence-corrected chi connectivity index (χ2v) is 2.69. The molecule has 80 valence electrons. The zero-order valence-corrected chi connectivity index (χ0v) is 7.86. The SMILES string of the molecule is C1=CCOC=C1.O=C1CC(=O)NC(=O)N1. The highest BCUT2D eigenvalue weighted by Gasteiger charge is 2.20. The Morgan fingerprint density at radius 1 is 1.07 bits per heavy atom. The molecule has 0 radical (unpaired) electrons. The molecule has 6 nitrogen and oxygen atoms in total. The fourth-order valence-electron chi connectivity index (χ4n) is 0.865. The zero-order chi connectivity index (χ0) is 11.1. The maximum atomic E-state index is 10.3. The van der Waals surface area contributed by atoms with Gasteiger partial charge in [-0.3, -0.25) is 20.2 Å². The molecule has 1 saturated heterocycles. The lowest BCUT2D eigenvalue weighted by Crippen LogP contribution is -2.49. The molecule has 0 bridgehead atoms. The Bertz CT molecular complexity index is 276. The molecule has 2 aliphatic rings. The first kappa shape index (κ1) is 11.0. The lowest BCUT2D eigenvalue weighted by atomic mass is 10.3. The molecule has 0 saturated carbocycles. The third-order valence-electron chi connectivity index (χ3n) is 1.44. The summed E-state index contributed by atoms with van der Waals surface area (Å²) in [5.74, 6) is -1.10. The normalized spacial score (nSPS) is 18.3. The van der Waals surface area contributed by atoms with E-state index in [0.717, 1.165) is 6.61 Å². The summed E-state index contributed by atoms with van der Waals surface area (Å²) in [4.78, 5) is 30.8. The van der Waals surface area contributed by atoms with E-state index in [9.17, 15) is 14.4 Å². The number of carbonyl (C=O) groups excluding carboxylic acids is 3. The van der Waals surface area contributed by atoms with Gasteiger partial charge in [0, 0.05) is 0 Å².